The van der Waals surface area contributed by atoms with E-state index in [2.05, 4.69) is 0 Å². The molecule has 0 spiro atoms. The molecular weight excluding hydrogens is 172 g/mol. The topological polar surface area (TPSA) is 91.7 Å². The third kappa shape index (κ3) is 2.85. The Morgan fingerprint density at radius 2 is 1.73 bits per heavy atom. The number of aliphatic carboxylic acids is 1. The second kappa shape index (κ2) is 3.19. The number of hydrogen-bond acceptors (Lipinski definition) is 3. The summed E-state index contributed by atoms with van der Waals surface area (Å²) in [6, 6.07) is 0. The van der Waals surface area contributed by atoms with Crippen LogP contribution in [0.25, 0.3) is 0 Å². The summed E-state index contributed by atoms with van der Waals surface area (Å²) >= 11 is 0. The number of carbonyl (C=O) groups is 1. The van der Waals surface area contributed by atoms with E-state index < -0.39 is 27.3 Å². The third-order valence-corrected chi connectivity index (χ3v) is 2.56. The fraction of sp³-hybridized carbons (Fsp3) is 0.800. The standard InChI is InChI=1S/C5H10O5S/c1-3(2)4(5(6)7)11(8,9)10/h3-4H,1-2H3,(H,6,7)(H,8,9,10). The SMILES string of the molecule is CC(C)C(C(=O)O)S(=O)(=O)O. The van der Waals surface area contributed by atoms with Gasteiger partial charge in [-0.05, 0) is 5.92 Å². The van der Waals surface area contributed by atoms with E-state index in [4.69, 9.17) is 9.66 Å². The number of carboxylic acid groups (broad SMARTS) is 1. The molecular formula is C5H10O5S. The summed E-state index contributed by atoms with van der Waals surface area (Å²) in [5, 5.41) is 6.62. The average Bonchev–Trinajstić information content (AvgIpc) is 1.54. The summed E-state index contributed by atoms with van der Waals surface area (Å²) < 4.78 is 29.2. The van der Waals surface area contributed by atoms with Gasteiger partial charge in [-0.1, -0.05) is 13.8 Å². The van der Waals surface area contributed by atoms with Crippen LogP contribution in [0.15, 0.2) is 0 Å². The van der Waals surface area contributed by atoms with E-state index in [1.54, 1.807) is 0 Å². The van der Waals surface area contributed by atoms with Crippen LogP contribution < -0.4 is 0 Å². The highest BCUT2D eigenvalue weighted by molar-refractivity contribution is 7.87. The van der Waals surface area contributed by atoms with Gasteiger partial charge < -0.3 is 5.11 Å². The van der Waals surface area contributed by atoms with Crippen LogP contribution in [0.2, 0.25) is 0 Å². The Bertz CT molecular complexity index is 240. The average molecular weight is 182 g/mol. The maximum Gasteiger partial charge on any atom is 0.324 e. The summed E-state index contributed by atoms with van der Waals surface area (Å²) in [5.74, 6) is -2.16. The molecule has 0 aliphatic rings. The second-order valence-electron chi connectivity index (χ2n) is 2.52. The van der Waals surface area contributed by atoms with Gasteiger partial charge in [0.05, 0.1) is 0 Å². The Hall–Kier alpha value is -0.620. The first-order chi connectivity index (χ1) is 4.76. The number of carboxylic acids is 1. The zero-order valence-corrected chi connectivity index (χ0v) is 7.00. The lowest BCUT2D eigenvalue weighted by molar-refractivity contribution is -0.137. The largest absolute Gasteiger partial charge is 0.480 e. The first kappa shape index (κ1) is 10.4. The first-order valence-electron chi connectivity index (χ1n) is 2.96. The maximum atomic E-state index is 10.4. The molecule has 0 radical (unpaired) electrons. The van der Waals surface area contributed by atoms with Crippen LogP contribution in [0.1, 0.15) is 13.8 Å². The summed E-state index contributed by atoms with van der Waals surface area (Å²) in [6.07, 6.45) is 0. The van der Waals surface area contributed by atoms with Crippen molar-refractivity contribution in [2.24, 2.45) is 5.92 Å². The predicted molar refractivity (Wildman–Crippen MR) is 37.8 cm³/mol. The summed E-state index contributed by atoms with van der Waals surface area (Å²) in [6.45, 7) is 2.82. The van der Waals surface area contributed by atoms with Gasteiger partial charge in [-0.15, -0.1) is 0 Å². The Kier molecular flexibility index (Phi) is 3.01. The lowest BCUT2D eigenvalue weighted by atomic mass is 10.1. The third-order valence-electron chi connectivity index (χ3n) is 1.17. The van der Waals surface area contributed by atoms with Crippen LogP contribution in [0.3, 0.4) is 0 Å². The highest BCUT2D eigenvalue weighted by Gasteiger charge is 2.33. The Morgan fingerprint density at radius 1 is 1.36 bits per heavy atom. The second-order valence-corrected chi connectivity index (χ2v) is 4.06. The van der Waals surface area contributed by atoms with Gasteiger partial charge in [-0.3, -0.25) is 9.35 Å². The molecule has 0 aliphatic carbocycles. The van der Waals surface area contributed by atoms with Crippen molar-refractivity contribution < 1.29 is 22.9 Å². The van der Waals surface area contributed by atoms with E-state index in [0.29, 0.717) is 0 Å². The van der Waals surface area contributed by atoms with Gasteiger partial charge in [0.25, 0.3) is 10.1 Å². The summed E-state index contributed by atoms with van der Waals surface area (Å²) in [7, 11) is -4.46. The van der Waals surface area contributed by atoms with Gasteiger partial charge in [-0.2, -0.15) is 8.42 Å². The molecule has 0 bridgehead atoms. The molecule has 0 aromatic rings. The Morgan fingerprint density at radius 3 is 1.73 bits per heavy atom. The fourth-order valence-corrected chi connectivity index (χ4v) is 1.70. The molecule has 11 heavy (non-hydrogen) atoms. The minimum absolute atomic E-state index is 0.637. The highest BCUT2D eigenvalue weighted by Crippen LogP contribution is 2.10. The molecule has 0 fully saturated rings. The van der Waals surface area contributed by atoms with E-state index in [-0.39, 0.29) is 0 Å². The van der Waals surface area contributed by atoms with Gasteiger partial charge in [0.1, 0.15) is 0 Å². The van der Waals surface area contributed by atoms with Crippen molar-refractivity contribution in [1.82, 2.24) is 0 Å². The van der Waals surface area contributed by atoms with Crippen LogP contribution in [0.4, 0.5) is 0 Å². The van der Waals surface area contributed by atoms with Gasteiger partial charge >= 0.3 is 5.97 Å². The fourth-order valence-electron chi connectivity index (χ4n) is 0.756. The van der Waals surface area contributed by atoms with Crippen LogP contribution in [-0.4, -0.2) is 29.3 Å². The normalized spacial score (nSPS) is 14.9. The van der Waals surface area contributed by atoms with E-state index in [0.717, 1.165) is 0 Å². The molecule has 0 aromatic carbocycles. The van der Waals surface area contributed by atoms with E-state index in [1.165, 1.54) is 13.8 Å². The molecule has 0 saturated heterocycles. The molecule has 0 saturated carbocycles. The monoisotopic (exact) mass is 182 g/mol. The lowest BCUT2D eigenvalue weighted by Gasteiger charge is -2.11. The first-order valence-corrected chi connectivity index (χ1v) is 4.46. The van der Waals surface area contributed by atoms with Gasteiger partial charge in [-0.25, -0.2) is 0 Å². The smallest absolute Gasteiger partial charge is 0.324 e. The minimum Gasteiger partial charge on any atom is -0.480 e. The van der Waals surface area contributed by atoms with Gasteiger partial charge in [0.15, 0.2) is 5.25 Å². The van der Waals surface area contributed by atoms with Crippen LogP contribution in [0, 0.1) is 5.92 Å². The molecule has 1 atom stereocenters. The predicted octanol–water partition coefficient (Wildman–Crippen LogP) is -0.0166. The van der Waals surface area contributed by atoms with Gasteiger partial charge in [0, 0.05) is 0 Å². The molecule has 5 nitrogen and oxygen atoms in total. The van der Waals surface area contributed by atoms with Crippen molar-refractivity contribution in [3.05, 3.63) is 0 Å². The van der Waals surface area contributed by atoms with E-state index in [9.17, 15) is 13.2 Å². The molecule has 6 heteroatoms. The zero-order valence-electron chi connectivity index (χ0n) is 6.18. The van der Waals surface area contributed by atoms with Crippen molar-refractivity contribution in [1.29, 1.82) is 0 Å². The van der Waals surface area contributed by atoms with Crippen LogP contribution >= 0.6 is 0 Å². The minimum atomic E-state index is -4.46. The van der Waals surface area contributed by atoms with Crippen molar-refractivity contribution in [2.75, 3.05) is 0 Å². The molecule has 0 rings (SSSR count). The molecule has 0 aliphatic heterocycles. The molecule has 0 aromatic heterocycles. The molecule has 2 N–H and O–H groups in total. The van der Waals surface area contributed by atoms with Crippen LogP contribution in [-0.2, 0) is 14.9 Å². The summed E-state index contributed by atoms with van der Waals surface area (Å²) in [4.78, 5) is 10.2. The Labute approximate surface area is 64.8 Å². The molecule has 0 heterocycles. The summed E-state index contributed by atoms with van der Waals surface area (Å²) in [5.41, 5.74) is 0. The van der Waals surface area contributed by atoms with E-state index in [1.807, 2.05) is 0 Å². The highest BCUT2D eigenvalue weighted by atomic mass is 32.2. The van der Waals surface area contributed by atoms with Gasteiger partial charge in [0.2, 0.25) is 0 Å². The quantitative estimate of drug-likeness (QED) is 0.598. The molecule has 1 unspecified atom stereocenters. The molecule has 0 amide bonds. The lowest BCUT2D eigenvalue weighted by Crippen LogP contribution is -2.34. The van der Waals surface area contributed by atoms with E-state index >= 15 is 0 Å². The Balaban J connectivity index is 4.79. The van der Waals surface area contributed by atoms with Crippen molar-refractivity contribution in [3.8, 4) is 0 Å². The maximum absolute atomic E-state index is 10.4. The molecule has 66 valence electrons. The zero-order chi connectivity index (χ0) is 9.23. The van der Waals surface area contributed by atoms with Crippen molar-refractivity contribution >= 4 is 16.1 Å². The van der Waals surface area contributed by atoms with Crippen molar-refractivity contribution in [2.45, 2.75) is 19.1 Å². The van der Waals surface area contributed by atoms with Crippen LogP contribution in [0.5, 0.6) is 0 Å². The number of hydrogen-bond donors (Lipinski definition) is 2. The number of rotatable bonds is 3. The van der Waals surface area contributed by atoms with Crippen molar-refractivity contribution in [3.63, 3.8) is 0 Å².